The summed E-state index contributed by atoms with van der Waals surface area (Å²) in [5.41, 5.74) is 3.30. The van der Waals surface area contributed by atoms with Crippen molar-refractivity contribution in [1.29, 1.82) is 0 Å². The molecule has 0 unspecified atom stereocenters. The summed E-state index contributed by atoms with van der Waals surface area (Å²) >= 11 is 6.32. The van der Waals surface area contributed by atoms with Crippen LogP contribution in [0.1, 0.15) is 16.1 Å². The second-order valence-corrected chi connectivity index (χ2v) is 6.86. The van der Waals surface area contributed by atoms with Gasteiger partial charge >= 0.3 is 0 Å². The number of benzene rings is 3. The van der Waals surface area contributed by atoms with E-state index in [9.17, 15) is 9.18 Å². The highest BCUT2D eigenvalue weighted by atomic mass is 35.5. The van der Waals surface area contributed by atoms with E-state index in [1.54, 1.807) is 28.9 Å². The summed E-state index contributed by atoms with van der Waals surface area (Å²) in [7, 11) is 0. The van der Waals surface area contributed by atoms with Crippen LogP contribution in [0.5, 0.6) is 0 Å². The Kier molecular flexibility index (Phi) is 5.40. The molecule has 1 amide bonds. The van der Waals surface area contributed by atoms with Crippen LogP contribution in [0.25, 0.3) is 16.9 Å². The molecule has 0 bridgehead atoms. The molecule has 0 fully saturated rings. The van der Waals surface area contributed by atoms with Crippen molar-refractivity contribution >= 4 is 17.5 Å². The fraction of sp³-hybridized carbons (Fsp3) is 0.0435. The van der Waals surface area contributed by atoms with Crippen LogP contribution in [0.15, 0.2) is 84.9 Å². The number of carbonyl (C=O) groups is 1. The highest BCUT2D eigenvalue weighted by Crippen LogP contribution is 2.28. The summed E-state index contributed by atoms with van der Waals surface area (Å²) in [5, 5.41) is 8.05. The van der Waals surface area contributed by atoms with Crippen LogP contribution in [0, 0.1) is 5.82 Å². The van der Waals surface area contributed by atoms with Crippen molar-refractivity contribution in [1.82, 2.24) is 15.1 Å². The first-order chi connectivity index (χ1) is 14.1. The van der Waals surface area contributed by atoms with Gasteiger partial charge in [0.2, 0.25) is 0 Å². The van der Waals surface area contributed by atoms with Crippen LogP contribution in [0.4, 0.5) is 4.39 Å². The minimum absolute atomic E-state index is 0.278. The zero-order valence-corrected chi connectivity index (χ0v) is 16.1. The first-order valence-corrected chi connectivity index (χ1v) is 9.42. The maximum atomic E-state index is 13.1. The van der Waals surface area contributed by atoms with E-state index in [0.717, 1.165) is 16.8 Å². The molecule has 0 radical (unpaired) electrons. The van der Waals surface area contributed by atoms with Crippen molar-refractivity contribution in [3.05, 3.63) is 107 Å². The van der Waals surface area contributed by atoms with Gasteiger partial charge < -0.3 is 5.32 Å². The molecule has 1 aromatic heterocycles. The zero-order valence-electron chi connectivity index (χ0n) is 15.3. The van der Waals surface area contributed by atoms with E-state index in [1.165, 1.54) is 12.1 Å². The van der Waals surface area contributed by atoms with Gasteiger partial charge in [-0.1, -0.05) is 60.1 Å². The smallest absolute Gasteiger partial charge is 0.270 e. The van der Waals surface area contributed by atoms with Gasteiger partial charge in [-0.3, -0.25) is 4.79 Å². The maximum Gasteiger partial charge on any atom is 0.270 e. The molecule has 144 valence electrons. The second kappa shape index (κ2) is 8.29. The number of halogens is 2. The predicted molar refractivity (Wildman–Crippen MR) is 112 cm³/mol. The Morgan fingerprint density at radius 3 is 2.38 bits per heavy atom. The number of para-hydroxylation sites is 1. The number of nitrogens with one attached hydrogen (secondary N) is 1. The van der Waals surface area contributed by atoms with Crippen molar-refractivity contribution < 1.29 is 9.18 Å². The molecule has 0 aliphatic rings. The van der Waals surface area contributed by atoms with Gasteiger partial charge in [-0.2, -0.15) is 5.10 Å². The zero-order chi connectivity index (χ0) is 20.2. The maximum absolute atomic E-state index is 13.1. The van der Waals surface area contributed by atoms with Crippen LogP contribution in [-0.2, 0) is 6.54 Å². The lowest BCUT2D eigenvalue weighted by Gasteiger charge is -2.08. The minimum Gasteiger partial charge on any atom is -0.347 e. The van der Waals surface area contributed by atoms with Crippen molar-refractivity contribution in [2.45, 2.75) is 6.54 Å². The van der Waals surface area contributed by atoms with E-state index in [1.807, 2.05) is 48.5 Å². The lowest BCUT2D eigenvalue weighted by molar-refractivity contribution is 0.0943. The van der Waals surface area contributed by atoms with Gasteiger partial charge in [-0.05, 0) is 42.0 Å². The summed E-state index contributed by atoms with van der Waals surface area (Å²) < 4.78 is 14.7. The predicted octanol–water partition coefficient (Wildman–Crippen LogP) is 5.26. The Bertz CT molecular complexity index is 1140. The molecule has 1 N–H and O–H groups in total. The molecular formula is C23H17ClFN3O. The Balaban J connectivity index is 1.68. The van der Waals surface area contributed by atoms with Crippen LogP contribution in [0.3, 0.4) is 0 Å². The molecule has 4 nitrogen and oxygen atoms in total. The largest absolute Gasteiger partial charge is 0.347 e. The van der Waals surface area contributed by atoms with Gasteiger partial charge in [0, 0.05) is 12.1 Å². The molecule has 29 heavy (non-hydrogen) atoms. The molecular weight excluding hydrogens is 389 g/mol. The normalized spacial score (nSPS) is 10.7. The van der Waals surface area contributed by atoms with E-state index in [-0.39, 0.29) is 18.3 Å². The molecule has 0 saturated heterocycles. The van der Waals surface area contributed by atoms with E-state index in [2.05, 4.69) is 10.4 Å². The van der Waals surface area contributed by atoms with E-state index in [0.29, 0.717) is 16.4 Å². The van der Waals surface area contributed by atoms with Crippen LogP contribution < -0.4 is 5.32 Å². The third kappa shape index (κ3) is 4.20. The second-order valence-electron chi connectivity index (χ2n) is 6.45. The SMILES string of the molecule is O=C(NCc1ccc(F)cc1)c1cc(-c2ccccc2Cl)nn1-c1ccccc1. The molecule has 0 aliphatic carbocycles. The minimum atomic E-state index is -0.313. The van der Waals surface area contributed by atoms with Gasteiger partial charge in [0.15, 0.2) is 0 Å². The number of hydrogen-bond donors (Lipinski definition) is 1. The molecule has 0 spiro atoms. The lowest BCUT2D eigenvalue weighted by atomic mass is 10.1. The van der Waals surface area contributed by atoms with E-state index >= 15 is 0 Å². The van der Waals surface area contributed by atoms with Gasteiger partial charge in [0.1, 0.15) is 11.5 Å². The van der Waals surface area contributed by atoms with Crippen molar-refractivity contribution in [2.75, 3.05) is 0 Å². The van der Waals surface area contributed by atoms with Crippen molar-refractivity contribution in [2.24, 2.45) is 0 Å². The Morgan fingerprint density at radius 2 is 1.66 bits per heavy atom. The third-order valence-electron chi connectivity index (χ3n) is 4.46. The molecule has 0 saturated carbocycles. The lowest BCUT2D eigenvalue weighted by Crippen LogP contribution is -2.25. The fourth-order valence-electron chi connectivity index (χ4n) is 2.98. The van der Waals surface area contributed by atoms with Gasteiger partial charge in [-0.15, -0.1) is 0 Å². The number of rotatable bonds is 5. The number of amides is 1. The van der Waals surface area contributed by atoms with E-state index < -0.39 is 0 Å². The fourth-order valence-corrected chi connectivity index (χ4v) is 3.22. The average molecular weight is 406 g/mol. The number of aromatic nitrogens is 2. The number of nitrogens with zero attached hydrogens (tertiary/aromatic N) is 2. The number of hydrogen-bond acceptors (Lipinski definition) is 2. The highest BCUT2D eigenvalue weighted by molar-refractivity contribution is 6.33. The topological polar surface area (TPSA) is 46.9 Å². The Labute approximate surface area is 172 Å². The third-order valence-corrected chi connectivity index (χ3v) is 4.79. The summed E-state index contributed by atoms with van der Waals surface area (Å²) in [6.07, 6.45) is 0. The molecule has 0 aliphatic heterocycles. The van der Waals surface area contributed by atoms with E-state index in [4.69, 9.17) is 11.6 Å². The molecule has 4 aromatic rings. The van der Waals surface area contributed by atoms with Gasteiger partial charge in [-0.25, -0.2) is 9.07 Å². The first-order valence-electron chi connectivity index (χ1n) is 9.05. The highest BCUT2D eigenvalue weighted by Gasteiger charge is 2.18. The molecule has 6 heteroatoms. The average Bonchev–Trinajstić information content (AvgIpc) is 3.19. The summed E-state index contributed by atoms with van der Waals surface area (Å²) in [6.45, 7) is 0.278. The summed E-state index contributed by atoms with van der Waals surface area (Å²) in [4.78, 5) is 12.9. The monoisotopic (exact) mass is 405 g/mol. The number of carbonyl (C=O) groups excluding carboxylic acids is 1. The van der Waals surface area contributed by atoms with Crippen LogP contribution >= 0.6 is 11.6 Å². The standard InChI is InChI=1S/C23H17ClFN3O/c24-20-9-5-4-8-19(20)21-14-22(28(27-21)18-6-2-1-3-7-18)23(29)26-15-16-10-12-17(25)13-11-16/h1-14H,15H2,(H,26,29). The van der Waals surface area contributed by atoms with Gasteiger partial charge in [0.25, 0.3) is 5.91 Å². The van der Waals surface area contributed by atoms with Gasteiger partial charge in [0.05, 0.1) is 16.4 Å². The van der Waals surface area contributed by atoms with Crippen LogP contribution in [0.2, 0.25) is 5.02 Å². The molecule has 0 atom stereocenters. The molecule has 3 aromatic carbocycles. The van der Waals surface area contributed by atoms with Crippen molar-refractivity contribution in [3.63, 3.8) is 0 Å². The molecule has 1 heterocycles. The Hall–Kier alpha value is -3.44. The van der Waals surface area contributed by atoms with Crippen molar-refractivity contribution in [3.8, 4) is 16.9 Å². The Morgan fingerprint density at radius 1 is 0.966 bits per heavy atom. The first kappa shape index (κ1) is 18.9. The van der Waals surface area contributed by atoms with Crippen LogP contribution in [-0.4, -0.2) is 15.7 Å². The summed E-state index contributed by atoms with van der Waals surface area (Å²) in [6, 6.07) is 24.5. The molecule has 4 rings (SSSR count). The summed E-state index contributed by atoms with van der Waals surface area (Å²) in [5.74, 6) is -0.601. The quantitative estimate of drug-likeness (QED) is 0.492.